The molecule has 0 aliphatic heterocycles. The van der Waals surface area contributed by atoms with Crippen molar-refractivity contribution in [3.63, 3.8) is 0 Å². The fraction of sp³-hybridized carbons (Fsp3) is 0.357. The molecular formula is C14H18N2O2. The van der Waals surface area contributed by atoms with Gasteiger partial charge in [-0.1, -0.05) is 25.1 Å². The van der Waals surface area contributed by atoms with Crippen LogP contribution < -0.4 is 5.32 Å². The van der Waals surface area contributed by atoms with Crippen molar-refractivity contribution in [1.82, 2.24) is 10.3 Å². The molecule has 0 fully saturated rings. The van der Waals surface area contributed by atoms with Gasteiger partial charge in [0.15, 0.2) is 0 Å². The van der Waals surface area contributed by atoms with Gasteiger partial charge in [0.25, 0.3) is 0 Å². The van der Waals surface area contributed by atoms with Crippen molar-refractivity contribution in [3.05, 3.63) is 36.0 Å². The van der Waals surface area contributed by atoms with Gasteiger partial charge in [0.1, 0.15) is 0 Å². The van der Waals surface area contributed by atoms with Crippen LogP contribution in [0.1, 0.15) is 18.9 Å². The van der Waals surface area contributed by atoms with Gasteiger partial charge in [-0.25, -0.2) is 0 Å². The number of hydrogen-bond acceptors (Lipinski definition) is 2. The summed E-state index contributed by atoms with van der Waals surface area (Å²) in [7, 11) is 0. The second-order valence-corrected chi connectivity index (χ2v) is 4.39. The second-order valence-electron chi connectivity index (χ2n) is 4.39. The SMILES string of the molecule is CCC(CO)NC(=O)Cc1c[nH]c2ccccc12. The molecule has 4 heteroatoms. The molecule has 0 aliphatic carbocycles. The van der Waals surface area contributed by atoms with Crippen LogP contribution in [-0.4, -0.2) is 28.6 Å². The number of carbonyl (C=O) groups is 1. The topological polar surface area (TPSA) is 65.1 Å². The molecule has 2 rings (SSSR count). The van der Waals surface area contributed by atoms with Crippen LogP contribution in [0.25, 0.3) is 10.9 Å². The van der Waals surface area contributed by atoms with E-state index < -0.39 is 0 Å². The number of hydrogen-bond donors (Lipinski definition) is 3. The van der Waals surface area contributed by atoms with E-state index in [4.69, 9.17) is 5.11 Å². The van der Waals surface area contributed by atoms with Crippen LogP contribution in [0, 0.1) is 0 Å². The molecule has 18 heavy (non-hydrogen) atoms. The second kappa shape index (κ2) is 5.69. The number of nitrogens with one attached hydrogen (secondary N) is 2. The van der Waals surface area contributed by atoms with Gasteiger partial charge in [-0.05, 0) is 18.1 Å². The van der Waals surface area contributed by atoms with Crippen LogP contribution in [0.15, 0.2) is 30.5 Å². The lowest BCUT2D eigenvalue weighted by Gasteiger charge is -2.13. The third-order valence-electron chi connectivity index (χ3n) is 3.10. The summed E-state index contributed by atoms with van der Waals surface area (Å²) in [5.41, 5.74) is 2.02. The first-order valence-electron chi connectivity index (χ1n) is 6.19. The molecule has 96 valence electrons. The monoisotopic (exact) mass is 246 g/mol. The summed E-state index contributed by atoms with van der Waals surface area (Å²) in [6, 6.07) is 7.75. The van der Waals surface area contributed by atoms with Gasteiger partial charge in [-0.3, -0.25) is 4.79 Å². The van der Waals surface area contributed by atoms with Gasteiger partial charge in [-0.2, -0.15) is 0 Å². The maximum atomic E-state index is 11.8. The van der Waals surface area contributed by atoms with E-state index in [0.29, 0.717) is 6.42 Å². The predicted octanol–water partition coefficient (Wildman–Crippen LogP) is 1.60. The number of benzene rings is 1. The molecule has 0 bridgehead atoms. The summed E-state index contributed by atoms with van der Waals surface area (Å²) < 4.78 is 0. The number of para-hydroxylation sites is 1. The van der Waals surface area contributed by atoms with Gasteiger partial charge >= 0.3 is 0 Å². The van der Waals surface area contributed by atoms with Crippen LogP contribution in [0.4, 0.5) is 0 Å². The van der Waals surface area contributed by atoms with E-state index in [9.17, 15) is 4.79 Å². The molecule has 0 saturated carbocycles. The standard InChI is InChI=1S/C14H18N2O2/c1-2-11(9-17)16-14(18)7-10-8-15-13-6-4-3-5-12(10)13/h3-6,8,11,15,17H,2,7,9H2,1H3,(H,16,18). The number of aromatic amines is 1. The summed E-state index contributed by atoms with van der Waals surface area (Å²) in [5, 5.41) is 12.9. The molecule has 0 aliphatic rings. The Labute approximate surface area is 106 Å². The molecule has 4 nitrogen and oxygen atoms in total. The highest BCUT2D eigenvalue weighted by atomic mass is 16.3. The molecular weight excluding hydrogens is 228 g/mol. The van der Waals surface area contributed by atoms with Crippen molar-refractivity contribution < 1.29 is 9.90 Å². The molecule has 1 atom stereocenters. The molecule has 1 heterocycles. The van der Waals surface area contributed by atoms with Crippen LogP contribution >= 0.6 is 0 Å². The quantitative estimate of drug-likeness (QED) is 0.750. The van der Waals surface area contributed by atoms with Crippen molar-refractivity contribution in [2.75, 3.05) is 6.61 Å². The number of carbonyl (C=O) groups excluding carboxylic acids is 1. The van der Waals surface area contributed by atoms with E-state index in [-0.39, 0.29) is 18.6 Å². The first kappa shape index (κ1) is 12.6. The van der Waals surface area contributed by atoms with Crippen molar-refractivity contribution in [2.45, 2.75) is 25.8 Å². The van der Waals surface area contributed by atoms with Gasteiger partial charge in [0.05, 0.1) is 19.1 Å². The fourth-order valence-electron chi connectivity index (χ4n) is 2.01. The summed E-state index contributed by atoms with van der Waals surface area (Å²) >= 11 is 0. The largest absolute Gasteiger partial charge is 0.394 e. The maximum Gasteiger partial charge on any atom is 0.224 e. The van der Waals surface area contributed by atoms with Gasteiger partial charge < -0.3 is 15.4 Å². The molecule has 0 radical (unpaired) electrons. The average Bonchev–Trinajstić information content (AvgIpc) is 2.79. The zero-order valence-corrected chi connectivity index (χ0v) is 10.4. The molecule has 1 unspecified atom stereocenters. The van der Waals surface area contributed by atoms with E-state index in [1.54, 1.807) is 0 Å². The molecule has 2 aromatic rings. The highest BCUT2D eigenvalue weighted by Crippen LogP contribution is 2.17. The molecule has 0 spiro atoms. The Morgan fingerprint density at radius 2 is 2.22 bits per heavy atom. The Kier molecular flexibility index (Phi) is 3.99. The van der Waals surface area contributed by atoms with E-state index >= 15 is 0 Å². The van der Waals surface area contributed by atoms with Gasteiger partial charge in [-0.15, -0.1) is 0 Å². The van der Waals surface area contributed by atoms with Crippen molar-refractivity contribution >= 4 is 16.8 Å². The van der Waals surface area contributed by atoms with Gasteiger partial charge in [0, 0.05) is 17.1 Å². The summed E-state index contributed by atoms with van der Waals surface area (Å²) in [6.07, 6.45) is 2.93. The van der Waals surface area contributed by atoms with Gasteiger partial charge in [0.2, 0.25) is 5.91 Å². The molecule has 3 N–H and O–H groups in total. The van der Waals surface area contributed by atoms with Crippen LogP contribution in [0.2, 0.25) is 0 Å². The van der Waals surface area contributed by atoms with E-state index in [0.717, 1.165) is 22.9 Å². The van der Waals surface area contributed by atoms with E-state index in [1.165, 1.54) is 0 Å². The minimum atomic E-state index is -0.150. The van der Waals surface area contributed by atoms with E-state index in [1.807, 2.05) is 37.4 Å². The van der Waals surface area contributed by atoms with Crippen LogP contribution in [0.3, 0.4) is 0 Å². The first-order chi connectivity index (χ1) is 8.74. The third kappa shape index (κ3) is 2.71. The van der Waals surface area contributed by atoms with Crippen molar-refractivity contribution in [2.24, 2.45) is 0 Å². The third-order valence-corrected chi connectivity index (χ3v) is 3.10. The number of H-pyrrole nitrogens is 1. The number of amides is 1. The summed E-state index contributed by atoms with van der Waals surface area (Å²) in [5.74, 6) is -0.0550. The molecule has 1 aromatic carbocycles. The normalized spacial score (nSPS) is 12.6. The number of rotatable bonds is 5. The van der Waals surface area contributed by atoms with Crippen molar-refractivity contribution in [1.29, 1.82) is 0 Å². The van der Waals surface area contributed by atoms with Crippen LogP contribution in [0.5, 0.6) is 0 Å². The lowest BCUT2D eigenvalue weighted by Crippen LogP contribution is -2.37. The summed E-state index contributed by atoms with van der Waals surface area (Å²) in [4.78, 5) is 15.0. The maximum absolute atomic E-state index is 11.8. The zero-order valence-electron chi connectivity index (χ0n) is 10.4. The molecule has 1 aromatic heterocycles. The Morgan fingerprint density at radius 3 is 2.94 bits per heavy atom. The first-order valence-corrected chi connectivity index (χ1v) is 6.19. The number of aromatic nitrogens is 1. The zero-order chi connectivity index (χ0) is 13.0. The molecule has 1 amide bonds. The highest BCUT2D eigenvalue weighted by Gasteiger charge is 2.11. The Hall–Kier alpha value is -1.81. The highest BCUT2D eigenvalue weighted by molar-refractivity contribution is 5.88. The number of aliphatic hydroxyl groups excluding tert-OH is 1. The minimum absolute atomic E-state index is 0.0177. The van der Waals surface area contributed by atoms with Crippen LogP contribution in [-0.2, 0) is 11.2 Å². The predicted molar refractivity (Wildman–Crippen MR) is 71.3 cm³/mol. The fourth-order valence-corrected chi connectivity index (χ4v) is 2.01. The lowest BCUT2D eigenvalue weighted by molar-refractivity contribution is -0.121. The molecule has 0 saturated heterocycles. The summed E-state index contributed by atoms with van der Waals surface area (Å²) in [6.45, 7) is 1.92. The number of aliphatic hydroxyl groups is 1. The van der Waals surface area contributed by atoms with E-state index in [2.05, 4.69) is 10.3 Å². The Bertz CT molecular complexity index is 529. The minimum Gasteiger partial charge on any atom is -0.394 e. The Balaban J connectivity index is 2.07. The smallest absolute Gasteiger partial charge is 0.224 e. The average molecular weight is 246 g/mol. The Morgan fingerprint density at radius 1 is 1.44 bits per heavy atom. The lowest BCUT2D eigenvalue weighted by atomic mass is 10.1. The van der Waals surface area contributed by atoms with Crippen molar-refractivity contribution in [3.8, 4) is 0 Å². The number of fused-ring (bicyclic) bond motifs is 1.